The Bertz CT molecular complexity index is 2230. The highest BCUT2D eigenvalue weighted by Gasteiger charge is 2.45. The van der Waals surface area contributed by atoms with Crippen molar-refractivity contribution in [3.63, 3.8) is 0 Å². The molecule has 8 rings (SSSR count). The molecule has 2 aromatic heterocycles. The summed E-state index contributed by atoms with van der Waals surface area (Å²) in [4.78, 5) is 63.7. The molecule has 14 heteroatoms. The largest absolute Gasteiger partial charge is 0.490 e. The maximum Gasteiger partial charge on any atom is 0.295 e. The first-order valence-corrected chi connectivity index (χ1v) is 17.3. The van der Waals surface area contributed by atoms with Gasteiger partial charge in [0.1, 0.15) is 23.6 Å². The smallest absolute Gasteiger partial charge is 0.295 e. The number of amides is 4. The average Bonchev–Trinajstić information content (AvgIpc) is 3.68. The van der Waals surface area contributed by atoms with Crippen molar-refractivity contribution in [2.75, 3.05) is 5.32 Å². The zero-order chi connectivity index (χ0) is 36.9. The number of anilines is 1. The zero-order valence-electron chi connectivity index (χ0n) is 29.2. The molecule has 0 radical (unpaired) electrons. The summed E-state index contributed by atoms with van der Waals surface area (Å²) in [5.41, 5.74) is 3.18. The Hall–Kier alpha value is -6.44. The number of imide groups is 2. The molecule has 0 bridgehead atoms. The zero-order valence-corrected chi connectivity index (χ0v) is 29.2. The highest BCUT2D eigenvalue weighted by Crippen LogP contribution is 2.36. The molecule has 1 saturated heterocycles. The highest BCUT2D eigenvalue weighted by molar-refractivity contribution is 6.23. The van der Waals surface area contributed by atoms with E-state index in [1.54, 1.807) is 37.5 Å². The Balaban J connectivity index is 0.829. The summed E-state index contributed by atoms with van der Waals surface area (Å²) >= 11 is 0. The van der Waals surface area contributed by atoms with E-state index in [1.165, 1.54) is 0 Å². The third-order valence-corrected chi connectivity index (χ3v) is 9.94. The van der Waals surface area contributed by atoms with Crippen LogP contribution >= 0.6 is 0 Å². The van der Waals surface area contributed by atoms with Gasteiger partial charge in [0.25, 0.3) is 17.7 Å². The van der Waals surface area contributed by atoms with Gasteiger partial charge in [0.05, 0.1) is 23.5 Å². The number of aromatic nitrogens is 4. The molecule has 5 aromatic rings. The minimum absolute atomic E-state index is 0.0316. The minimum atomic E-state index is -0.991. The molecule has 2 N–H and O–H groups in total. The second kappa shape index (κ2) is 13.3. The first kappa shape index (κ1) is 33.7. The maximum atomic E-state index is 13.2. The number of rotatable bonds is 10. The van der Waals surface area contributed by atoms with Crippen molar-refractivity contribution < 1.29 is 33.2 Å². The number of nitrogens with one attached hydrogen (secondary N) is 2. The third-order valence-electron chi connectivity index (χ3n) is 9.94. The Morgan fingerprint density at radius 3 is 2.15 bits per heavy atom. The second-order valence-electron chi connectivity index (χ2n) is 13.9. The normalized spacial score (nSPS) is 19.8. The van der Waals surface area contributed by atoms with Gasteiger partial charge >= 0.3 is 0 Å². The van der Waals surface area contributed by atoms with E-state index in [0.717, 1.165) is 34.6 Å². The fourth-order valence-corrected chi connectivity index (χ4v) is 6.83. The predicted molar refractivity (Wildman–Crippen MR) is 189 cm³/mol. The standard InChI is InChI=1S/C39H35N7O7/c1-21-42-36(53-45-21)34-40-19-29(20-41-34)52-27-11-6-23(7-12-27)39(2,3)22-4-9-26(10-5-22)51-28-16-25(17-28)43-24-8-13-30-31(18-24)38(50)46(37(30)49)32-14-15-33(47)44-35(32)48/h4-13,18-20,25,28,32,43H,14-17H2,1-3H3,(H,44,47,48). The molecule has 268 valence electrons. The number of carbonyl (C=O) groups excluding carboxylic acids is 4. The van der Waals surface area contributed by atoms with Crippen molar-refractivity contribution in [2.24, 2.45) is 0 Å². The lowest BCUT2D eigenvalue weighted by Crippen LogP contribution is -2.54. The van der Waals surface area contributed by atoms with E-state index in [-0.39, 0.29) is 47.4 Å². The fraction of sp³-hybridized carbons (Fsp3) is 0.282. The number of benzene rings is 3. The number of hydrogen-bond acceptors (Lipinski definition) is 12. The van der Waals surface area contributed by atoms with Gasteiger partial charge in [-0.3, -0.25) is 29.4 Å². The van der Waals surface area contributed by atoms with Crippen LogP contribution in [0.5, 0.6) is 17.2 Å². The molecule has 1 aliphatic carbocycles. The lowest BCUT2D eigenvalue weighted by atomic mass is 9.78. The van der Waals surface area contributed by atoms with E-state index in [1.807, 2.05) is 36.4 Å². The Kier molecular flexibility index (Phi) is 8.44. The van der Waals surface area contributed by atoms with Crippen molar-refractivity contribution >= 4 is 29.3 Å². The summed E-state index contributed by atoms with van der Waals surface area (Å²) in [7, 11) is 0. The molecule has 1 unspecified atom stereocenters. The number of fused-ring (bicyclic) bond motifs is 1. The van der Waals surface area contributed by atoms with Gasteiger partial charge in [-0.05, 0) is 66.9 Å². The molecule has 3 aromatic carbocycles. The topological polar surface area (TPSA) is 179 Å². The molecule has 4 heterocycles. The summed E-state index contributed by atoms with van der Waals surface area (Å²) in [6.07, 6.45) is 4.89. The molecule has 1 atom stereocenters. The number of nitrogens with zero attached hydrogens (tertiary/aromatic N) is 5. The molecule has 2 aliphatic heterocycles. The molecular weight excluding hydrogens is 678 g/mol. The van der Waals surface area contributed by atoms with Crippen LogP contribution in [-0.4, -0.2) is 66.8 Å². The van der Waals surface area contributed by atoms with Gasteiger partial charge in [0.2, 0.25) is 17.6 Å². The van der Waals surface area contributed by atoms with Crippen LogP contribution in [0.2, 0.25) is 0 Å². The monoisotopic (exact) mass is 713 g/mol. The summed E-state index contributed by atoms with van der Waals surface area (Å²) in [6, 6.07) is 20.2. The summed E-state index contributed by atoms with van der Waals surface area (Å²) in [5, 5.41) is 9.41. The van der Waals surface area contributed by atoms with Gasteiger partial charge in [0, 0.05) is 36.4 Å². The lowest BCUT2D eigenvalue weighted by Gasteiger charge is -2.36. The van der Waals surface area contributed by atoms with Crippen LogP contribution in [0.3, 0.4) is 0 Å². The lowest BCUT2D eigenvalue weighted by molar-refractivity contribution is -0.136. The van der Waals surface area contributed by atoms with E-state index in [9.17, 15) is 19.2 Å². The van der Waals surface area contributed by atoms with Crippen molar-refractivity contribution in [3.8, 4) is 29.0 Å². The number of ether oxygens (including phenoxy) is 2. The summed E-state index contributed by atoms with van der Waals surface area (Å²) in [5.74, 6) is 0.938. The molecule has 4 amide bonds. The molecule has 1 saturated carbocycles. The summed E-state index contributed by atoms with van der Waals surface area (Å²) < 4.78 is 17.3. The minimum Gasteiger partial charge on any atom is -0.490 e. The second-order valence-corrected chi connectivity index (χ2v) is 13.9. The van der Waals surface area contributed by atoms with Crippen LogP contribution in [0.15, 0.2) is 83.6 Å². The number of aryl methyl sites for hydroxylation is 1. The van der Waals surface area contributed by atoms with Gasteiger partial charge in [-0.15, -0.1) is 0 Å². The number of hydrogen-bond donors (Lipinski definition) is 2. The predicted octanol–water partition coefficient (Wildman–Crippen LogP) is 5.38. The summed E-state index contributed by atoms with van der Waals surface area (Å²) in [6.45, 7) is 6.06. The number of piperidine rings is 1. The van der Waals surface area contributed by atoms with Crippen LogP contribution in [0.4, 0.5) is 5.69 Å². The molecular formula is C39H35N7O7. The van der Waals surface area contributed by atoms with E-state index in [4.69, 9.17) is 14.0 Å². The van der Waals surface area contributed by atoms with Gasteiger partial charge in [-0.2, -0.15) is 4.98 Å². The van der Waals surface area contributed by atoms with Crippen LogP contribution < -0.4 is 20.1 Å². The Labute approximate surface area is 303 Å². The molecule has 14 nitrogen and oxygen atoms in total. The SMILES string of the molecule is Cc1noc(-c2ncc(Oc3ccc(C(C)(C)c4ccc(OC5CC(Nc6ccc7c(c6)C(=O)N(C6CCC(=O)NC6=O)C7=O)C5)cc4)cc3)cn2)n1. The van der Waals surface area contributed by atoms with E-state index >= 15 is 0 Å². The quantitative estimate of drug-likeness (QED) is 0.177. The molecule has 0 spiro atoms. The van der Waals surface area contributed by atoms with E-state index in [0.29, 0.717) is 28.8 Å². The highest BCUT2D eigenvalue weighted by atomic mass is 16.5. The van der Waals surface area contributed by atoms with Gasteiger partial charge in [-0.1, -0.05) is 43.3 Å². The maximum absolute atomic E-state index is 13.2. The molecule has 53 heavy (non-hydrogen) atoms. The van der Waals surface area contributed by atoms with Gasteiger partial charge < -0.3 is 19.3 Å². The fourth-order valence-electron chi connectivity index (χ4n) is 6.83. The van der Waals surface area contributed by atoms with Crippen molar-refractivity contribution in [3.05, 3.63) is 107 Å². The number of carbonyl (C=O) groups is 4. The first-order chi connectivity index (χ1) is 25.5. The Morgan fingerprint density at radius 1 is 0.849 bits per heavy atom. The van der Waals surface area contributed by atoms with Crippen LogP contribution in [0.1, 0.15) is 77.2 Å². The van der Waals surface area contributed by atoms with Crippen LogP contribution in [0.25, 0.3) is 11.7 Å². The van der Waals surface area contributed by atoms with Gasteiger partial charge in [-0.25, -0.2) is 9.97 Å². The first-order valence-electron chi connectivity index (χ1n) is 17.3. The van der Waals surface area contributed by atoms with Crippen molar-refractivity contribution in [1.82, 2.24) is 30.3 Å². The van der Waals surface area contributed by atoms with E-state index < -0.39 is 29.7 Å². The van der Waals surface area contributed by atoms with E-state index in [2.05, 4.69) is 56.7 Å². The Morgan fingerprint density at radius 2 is 1.51 bits per heavy atom. The van der Waals surface area contributed by atoms with Crippen molar-refractivity contribution in [1.29, 1.82) is 0 Å². The van der Waals surface area contributed by atoms with Gasteiger partial charge in [0.15, 0.2) is 11.6 Å². The van der Waals surface area contributed by atoms with Crippen LogP contribution in [0, 0.1) is 6.92 Å². The van der Waals surface area contributed by atoms with Crippen molar-refractivity contribution in [2.45, 2.75) is 70.1 Å². The molecule has 2 fully saturated rings. The molecule has 3 aliphatic rings. The third kappa shape index (κ3) is 6.59. The van der Waals surface area contributed by atoms with Crippen LogP contribution in [-0.2, 0) is 15.0 Å². The average molecular weight is 714 g/mol.